The maximum absolute atomic E-state index is 9.76. The van der Waals surface area contributed by atoms with Gasteiger partial charge in [-0.2, -0.15) is 0 Å². The predicted molar refractivity (Wildman–Crippen MR) is 84.2 cm³/mol. The first kappa shape index (κ1) is 11.9. The second-order valence-corrected chi connectivity index (χ2v) is 6.30. The van der Waals surface area contributed by atoms with E-state index in [2.05, 4.69) is 46.6 Å². The van der Waals surface area contributed by atoms with Crippen molar-refractivity contribution in [2.45, 2.75) is 6.92 Å². The van der Waals surface area contributed by atoms with E-state index in [1.165, 1.54) is 10.3 Å². The number of phenolic OH excluding ortho intramolecular Hbond substituents is 1. The molecule has 0 unspecified atom stereocenters. The average Bonchev–Trinajstić information content (AvgIpc) is 2.78. The van der Waals surface area contributed by atoms with E-state index >= 15 is 0 Å². The van der Waals surface area contributed by atoms with Crippen LogP contribution in [0.2, 0.25) is 0 Å². The third kappa shape index (κ3) is 1.99. The maximum atomic E-state index is 9.76. The minimum absolute atomic E-state index is 0.309. The average molecular weight is 367 g/mol. The summed E-state index contributed by atoms with van der Waals surface area (Å²) in [6.45, 7) is 2.07. The third-order valence-corrected chi connectivity index (χ3v) is 4.80. The lowest BCUT2D eigenvalue weighted by Crippen LogP contribution is -1.79. The summed E-state index contributed by atoms with van der Waals surface area (Å²) in [5.74, 6) is 0.309. The Kier molecular flexibility index (Phi) is 2.99. The van der Waals surface area contributed by atoms with E-state index < -0.39 is 0 Å². The first-order valence-electron chi connectivity index (χ1n) is 5.50. The van der Waals surface area contributed by atoms with Crippen LogP contribution in [0.1, 0.15) is 5.56 Å². The smallest absolute Gasteiger partial charge is 0.129 e. The summed E-state index contributed by atoms with van der Waals surface area (Å²) in [7, 11) is 0. The Labute approximate surface area is 122 Å². The largest absolute Gasteiger partial charge is 0.507 e. The minimum atomic E-state index is 0.309. The normalized spacial score (nSPS) is 11.0. The number of para-hydroxylation sites is 1. The van der Waals surface area contributed by atoms with E-state index in [1.54, 1.807) is 17.4 Å². The van der Waals surface area contributed by atoms with Gasteiger partial charge < -0.3 is 5.11 Å². The quantitative estimate of drug-likeness (QED) is 0.639. The van der Waals surface area contributed by atoms with Crippen molar-refractivity contribution in [1.29, 1.82) is 0 Å². The number of aromatic hydroxyl groups is 1. The van der Waals surface area contributed by atoms with Crippen LogP contribution in [0.25, 0.3) is 20.8 Å². The van der Waals surface area contributed by atoms with Crippen LogP contribution in [0.5, 0.6) is 5.75 Å². The number of thiazole rings is 1. The molecule has 0 radical (unpaired) electrons. The first-order chi connectivity index (χ1) is 8.65. The van der Waals surface area contributed by atoms with E-state index in [9.17, 15) is 5.11 Å². The van der Waals surface area contributed by atoms with E-state index in [0.717, 1.165) is 19.7 Å². The van der Waals surface area contributed by atoms with E-state index in [0.29, 0.717) is 5.75 Å². The first-order valence-corrected chi connectivity index (χ1v) is 7.40. The van der Waals surface area contributed by atoms with Gasteiger partial charge in [0.15, 0.2) is 0 Å². The fourth-order valence-electron chi connectivity index (χ4n) is 1.86. The van der Waals surface area contributed by atoms with Gasteiger partial charge in [-0.25, -0.2) is 4.98 Å². The lowest BCUT2D eigenvalue weighted by molar-refractivity contribution is 0.472. The molecule has 0 amide bonds. The summed E-state index contributed by atoms with van der Waals surface area (Å²) >= 11 is 3.77. The molecule has 1 aromatic heterocycles. The van der Waals surface area contributed by atoms with Crippen LogP contribution in [0, 0.1) is 10.5 Å². The van der Waals surface area contributed by atoms with Gasteiger partial charge in [0, 0.05) is 5.56 Å². The van der Waals surface area contributed by atoms with Crippen LogP contribution < -0.4 is 0 Å². The highest BCUT2D eigenvalue weighted by Gasteiger charge is 2.09. The summed E-state index contributed by atoms with van der Waals surface area (Å²) in [6.07, 6.45) is 0. The lowest BCUT2D eigenvalue weighted by Gasteiger charge is -1.99. The van der Waals surface area contributed by atoms with Crippen molar-refractivity contribution in [1.82, 2.24) is 4.98 Å². The van der Waals surface area contributed by atoms with Gasteiger partial charge in [-0.05, 0) is 53.3 Å². The molecule has 3 rings (SSSR count). The summed E-state index contributed by atoms with van der Waals surface area (Å²) in [6, 6.07) is 11.9. The van der Waals surface area contributed by atoms with Crippen LogP contribution in [-0.2, 0) is 0 Å². The Morgan fingerprint density at radius 2 is 2.06 bits per heavy atom. The molecule has 90 valence electrons. The van der Waals surface area contributed by atoms with Crippen molar-refractivity contribution < 1.29 is 5.11 Å². The number of aromatic nitrogens is 1. The second kappa shape index (κ2) is 4.51. The topological polar surface area (TPSA) is 33.1 Å². The van der Waals surface area contributed by atoms with Crippen molar-refractivity contribution in [3.05, 3.63) is 45.5 Å². The molecular formula is C14H10INOS. The Balaban J connectivity index is 2.19. The van der Waals surface area contributed by atoms with Gasteiger partial charge in [-0.3, -0.25) is 0 Å². The molecule has 0 aliphatic carbocycles. The Morgan fingerprint density at radius 1 is 1.22 bits per heavy atom. The van der Waals surface area contributed by atoms with E-state index in [1.807, 2.05) is 18.2 Å². The van der Waals surface area contributed by atoms with E-state index in [-0.39, 0.29) is 0 Å². The van der Waals surface area contributed by atoms with Gasteiger partial charge in [0.25, 0.3) is 0 Å². The van der Waals surface area contributed by atoms with Crippen LogP contribution in [0.3, 0.4) is 0 Å². The SMILES string of the molecule is Cc1cccc2sc(-c3ccc(I)c(O)c3)nc12. The molecule has 0 aliphatic rings. The molecule has 0 atom stereocenters. The number of phenols is 1. The van der Waals surface area contributed by atoms with Crippen LogP contribution in [-0.4, -0.2) is 10.1 Å². The van der Waals surface area contributed by atoms with Crippen molar-refractivity contribution in [2.24, 2.45) is 0 Å². The Hall–Kier alpha value is -1.14. The van der Waals surface area contributed by atoms with Crippen molar-refractivity contribution in [2.75, 3.05) is 0 Å². The maximum Gasteiger partial charge on any atom is 0.129 e. The molecule has 0 saturated heterocycles. The minimum Gasteiger partial charge on any atom is -0.507 e. The van der Waals surface area contributed by atoms with Crippen LogP contribution >= 0.6 is 33.9 Å². The van der Waals surface area contributed by atoms with Gasteiger partial charge in [0.1, 0.15) is 10.8 Å². The van der Waals surface area contributed by atoms with Crippen LogP contribution in [0.15, 0.2) is 36.4 Å². The molecule has 1 N–H and O–H groups in total. The fraction of sp³-hybridized carbons (Fsp3) is 0.0714. The van der Waals surface area contributed by atoms with Gasteiger partial charge in [-0.15, -0.1) is 11.3 Å². The molecule has 4 heteroatoms. The Bertz CT molecular complexity index is 736. The molecule has 0 aliphatic heterocycles. The predicted octanol–water partition coefficient (Wildman–Crippen LogP) is 4.58. The Morgan fingerprint density at radius 3 is 2.78 bits per heavy atom. The molecule has 0 fully saturated rings. The van der Waals surface area contributed by atoms with Gasteiger partial charge in [-0.1, -0.05) is 18.2 Å². The van der Waals surface area contributed by atoms with Crippen molar-refractivity contribution >= 4 is 44.1 Å². The van der Waals surface area contributed by atoms with E-state index in [4.69, 9.17) is 0 Å². The van der Waals surface area contributed by atoms with Gasteiger partial charge in [0.2, 0.25) is 0 Å². The number of hydrogen-bond acceptors (Lipinski definition) is 3. The monoisotopic (exact) mass is 367 g/mol. The molecule has 3 aromatic rings. The number of fused-ring (bicyclic) bond motifs is 1. The molecule has 18 heavy (non-hydrogen) atoms. The molecule has 2 nitrogen and oxygen atoms in total. The van der Waals surface area contributed by atoms with Gasteiger partial charge >= 0.3 is 0 Å². The summed E-state index contributed by atoms with van der Waals surface area (Å²) in [5.41, 5.74) is 3.20. The zero-order valence-electron chi connectivity index (χ0n) is 9.64. The molecule has 0 spiro atoms. The molecular weight excluding hydrogens is 357 g/mol. The number of aryl methyl sites for hydroxylation is 1. The number of hydrogen-bond donors (Lipinski definition) is 1. The van der Waals surface area contributed by atoms with Crippen molar-refractivity contribution in [3.63, 3.8) is 0 Å². The second-order valence-electron chi connectivity index (χ2n) is 4.11. The molecule has 0 bridgehead atoms. The lowest BCUT2D eigenvalue weighted by atomic mass is 10.2. The van der Waals surface area contributed by atoms with Gasteiger partial charge in [0.05, 0.1) is 13.8 Å². The highest BCUT2D eigenvalue weighted by Crippen LogP contribution is 2.34. The zero-order chi connectivity index (χ0) is 12.7. The van der Waals surface area contributed by atoms with Crippen molar-refractivity contribution in [3.8, 4) is 16.3 Å². The highest BCUT2D eigenvalue weighted by molar-refractivity contribution is 14.1. The van der Waals surface area contributed by atoms with Crippen LogP contribution in [0.4, 0.5) is 0 Å². The molecule has 2 aromatic carbocycles. The molecule has 0 saturated carbocycles. The standard InChI is InChI=1S/C14H10INOS/c1-8-3-2-4-12-13(8)16-14(18-12)9-5-6-10(15)11(17)7-9/h2-7,17H,1H3. The highest BCUT2D eigenvalue weighted by atomic mass is 127. The summed E-state index contributed by atoms with van der Waals surface area (Å²) < 4.78 is 2.04. The zero-order valence-corrected chi connectivity index (χ0v) is 12.6. The summed E-state index contributed by atoms with van der Waals surface area (Å²) in [4.78, 5) is 4.66. The third-order valence-electron chi connectivity index (χ3n) is 2.81. The molecule has 1 heterocycles. The number of halogens is 1. The number of benzene rings is 2. The number of rotatable bonds is 1. The fourth-order valence-corrected chi connectivity index (χ4v) is 3.23. The number of nitrogens with zero attached hydrogens (tertiary/aromatic N) is 1. The summed E-state index contributed by atoms with van der Waals surface area (Å²) in [5, 5.41) is 10.7.